The summed E-state index contributed by atoms with van der Waals surface area (Å²) < 4.78 is 20.7. The molecule has 0 unspecified atom stereocenters. The van der Waals surface area contributed by atoms with Crippen molar-refractivity contribution in [1.82, 2.24) is 25.2 Å². The molecule has 0 bridgehead atoms. The van der Waals surface area contributed by atoms with Crippen LogP contribution in [-0.4, -0.2) is 63.6 Å². The van der Waals surface area contributed by atoms with Crippen molar-refractivity contribution in [3.05, 3.63) is 41.3 Å². The fourth-order valence-corrected chi connectivity index (χ4v) is 4.62. The average molecular weight is 480 g/mol. The number of fused-ring (bicyclic) bond motifs is 1. The lowest BCUT2D eigenvalue weighted by molar-refractivity contribution is -0.130. The van der Waals surface area contributed by atoms with Crippen LogP contribution in [-0.2, 0) is 4.79 Å². The van der Waals surface area contributed by atoms with Crippen LogP contribution in [0.1, 0.15) is 47.8 Å². The van der Waals surface area contributed by atoms with Gasteiger partial charge in [-0.2, -0.15) is 0 Å². The van der Waals surface area contributed by atoms with Gasteiger partial charge in [0.25, 0.3) is 5.91 Å². The molecule has 2 N–H and O–H groups in total. The van der Waals surface area contributed by atoms with Crippen molar-refractivity contribution in [1.29, 1.82) is 0 Å². The third-order valence-electron chi connectivity index (χ3n) is 6.78. The largest absolute Gasteiger partial charge is 0.493 e. The summed E-state index contributed by atoms with van der Waals surface area (Å²) in [6.07, 6.45) is 2.81. The Morgan fingerprint density at radius 1 is 1.23 bits per heavy atom. The fraction of sp³-hybridized carbons (Fsp3) is 0.462. The molecule has 0 spiro atoms. The maximum absolute atomic E-state index is 14.6. The van der Waals surface area contributed by atoms with Gasteiger partial charge in [-0.05, 0) is 44.7 Å². The van der Waals surface area contributed by atoms with Crippen molar-refractivity contribution in [2.75, 3.05) is 19.7 Å². The second-order valence-corrected chi connectivity index (χ2v) is 9.57. The summed E-state index contributed by atoms with van der Waals surface area (Å²) >= 11 is 0. The first kappa shape index (κ1) is 23.3. The van der Waals surface area contributed by atoms with Gasteiger partial charge in [0.15, 0.2) is 0 Å². The number of likely N-dealkylation sites (tertiary alicyclic amines) is 1. The second-order valence-electron chi connectivity index (χ2n) is 9.57. The number of carbonyl (C=O) groups excluding carboxylic acids is 2. The highest BCUT2D eigenvalue weighted by Gasteiger charge is 2.36. The van der Waals surface area contributed by atoms with Crippen LogP contribution in [0.3, 0.4) is 0 Å². The van der Waals surface area contributed by atoms with E-state index in [1.807, 2.05) is 25.1 Å². The van der Waals surface area contributed by atoms with Crippen LogP contribution in [0.25, 0.3) is 22.3 Å². The SMILES string of the molecule is CCC(=O)N1C[C@@H](F)[C@@H](NC(=O)c2c(C)[nH]c3c(-c4cc(C)ccc4OCC4CC4)ncnc23)C1. The smallest absolute Gasteiger partial charge is 0.255 e. The van der Waals surface area contributed by atoms with Gasteiger partial charge in [0.05, 0.1) is 30.3 Å². The molecule has 1 aliphatic carbocycles. The molecule has 2 fully saturated rings. The summed E-state index contributed by atoms with van der Waals surface area (Å²) in [5.41, 5.74) is 4.60. The van der Waals surface area contributed by atoms with Crippen LogP contribution in [0.2, 0.25) is 0 Å². The van der Waals surface area contributed by atoms with Gasteiger partial charge in [-0.1, -0.05) is 18.6 Å². The minimum absolute atomic E-state index is 0.00615. The molecule has 1 aliphatic heterocycles. The molecule has 184 valence electrons. The molecule has 8 nitrogen and oxygen atoms in total. The number of alkyl halides is 1. The van der Waals surface area contributed by atoms with E-state index in [4.69, 9.17) is 4.74 Å². The fourth-order valence-electron chi connectivity index (χ4n) is 4.62. The molecule has 1 aromatic carbocycles. The zero-order valence-electron chi connectivity index (χ0n) is 20.2. The van der Waals surface area contributed by atoms with Crippen molar-refractivity contribution in [3.8, 4) is 17.0 Å². The molecule has 1 saturated heterocycles. The maximum atomic E-state index is 14.6. The Morgan fingerprint density at radius 3 is 2.77 bits per heavy atom. The predicted octanol–water partition coefficient (Wildman–Crippen LogP) is 3.72. The number of aromatic nitrogens is 3. The lowest BCUT2D eigenvalue weighted by atomic mass is 10.1. The highest BCUT2D eigenvalue weighted by atomic mass is 19.1. The first-order valence-corrected chi connectivity index (χ1v) is 12.2. The minimum Gasteiger partial charge on any atom is -0.493 e. The van der Waals surface area contributed by atoms with Gasteiger partial charge in [0.2, 0.25) is 5.91 Å². The number of aryl methyl sites for hydroxylation is 2. The van der Waals surface area contributed by atoms with E-state index in [0.29, 0.717) is 46.9 Å². The Bertz CT molecular complexity index is 1290. The van der Waals surface area contributed by atoms with Crippen molar-refractivity contribution in [2.45, 2.75) is 52.2 Å². The van der Waals surface area contributed by atoms with Crippen LogP contribution in [0.5, 0.6) is 5.75 Å². The molecule has 2 aromatic heterocycles. The number of benzene rings is 1. The number of nitrogens with one attached hydrogen (secondary N) is 2. The van der Waals surface area contributed by atoms with Gasteiger partial charge in [0, 0.05) is 24.2 Å². The number of aromatic amines is 1. The van der Waals surface area contributed by atoms with E-state index in [-0.39, 0.29) is 19.0 Å². The molecular formula is C26H30FN5O3. The van der Waals surface area contributed by atoms with E-state index in [2.05, 4.69) is 20.3 Å². The standard InChI is InChI=1S/C26H30FN5O3/c1-4-21(33)32-10-18(27)19(11-32)31-26(34)22-15(3)30-25-23(28-13-29-24(22)25)17-9-14(2)5-8-20(17)35-12-16-6-7-16/h5,8-9,13,16,18-19,30H,4,6-7,10-12H2,1-3H3,(H,31,34)/t18-,19+/m1/s1. The first-order chi connectivity index (χ1) is 16.9. The molecular weight excluding hydrogens is 449 g/mol. The van der Waals surface area contributed by atoms with Crippen molar-refractivity contribution >= 4 is 22.8 Å². The molecule has 3 heterocycles. The number of nitrogens with zero attached hydrogens (tertiary/aromatic N) is 3. The number of carbonyl (C=O) groups is 2. The molecule has 2 amide bonds. The van der Waals surface area contributed by atoms with Gasteiger partial charge in [-0.15, -0.1) is 0 Å². The van der Waals surface area contributed by atoms with Gasteiger partial charge < -0.3 is 19.9 Å². The highest BCUT2D eigenvalue weighted by Crippen LogP contribution is 2.37. The third kappa shape index (κ3) is 4.59. The number of amides is 2. The maximum Gasteiger partial charge on any atom is 0.255 e. The minimum atomic E-state index is -1.32. The predicted molar refractivity (Wildman–Crippen MR) is 130 cm³/mol. The average Bonchev–Trinajstić information content (AvgIpc) is 3.51. The molecule has 2 aliphatic rings. The molecule has 5 rings (SSSR count). The lowest BCUT2D eigenvalue weighted by Crippen LogP contribution is -2.42. The topological polar surface area (TPSA) is 100 Å². The Labute approximate surface area is 203 Å². The second kappa shape index (κ2) is 9.28. The number of rotatable bonds is 7. The van der Waals surface area contributed by atoms with Crippen molar-refractivity contribution in [2.24, 2.45) is 5.92 Å². The Kier molecular flexibility index (Phi) is 6.17. The van der Waals surface area contributed by atoms with E-state index in [9.17, 15) is 14.0 Å². The van der Waals surface area contributed by atoms with E-state index in [1.165, 1.54) is 24.1 Å². The molecule has 0 radical (unpaired) electrons. The van der Waals surface area contributed by atoms with Crippen molar-refractivity contribution < 1.29 is 18.7 Å². The van der Waals surface area contributed by atoms with Crippen LogP contribution < -0.4 is 10.1 Å². The van der Waals surface area contributed by atoms with Crippen molar-refractivity contribution in [3.63, 3.8) is 0 Å². The van der Waals surface area contributed by atoms with E-state index in [0.717, 1.165) is 16.9 Å². The van der Waals surface area contributed by atoms with Crippen LogP contribution in [0, 0.1) is 19.8 Å². The Balaban J connectivity index is 1.46. The van der Waals surface area contributed by atoms with Gasteiger partial charge >= 0.3 is 0 Å². The molecule has 2 atom stereocenters. The summed E-state index contributed by atoms with van der Waals surface area (Å²) in [5.74, 6) is 0.804. The number of hydrogen-bond acceptors (Lipinski definition) is 5. The summed E-state index contributed by atoms with van der Waals surface area (Å²) in [6.45, 7) is 6.36. The summed E-state index contributed by atoms with van der Waals surface area (Å²) in [7, 11) is 0. The Morgan fingerprint density at radius 2 is 2.03 bits per heavy atom. The van der Waals surface area contributed by atoms with Crippen LogP contribution in [0.15, 0.2) is 24.5 Å². The van der Waals surface area contributed by atoms with E-state index in [1.54, 1.807) is 13.8 Å². The quantitative estimate of drug-likeness (QED) is 0.538. The number of hydrogen-bond donors (Lipinski definition) is 2. The third-order valence-corrected chi connectivity index (χ3v) is 6.78. The first-order valence-electron chi connectivity index (χ1n) is 12.2. The molecule has 1 saturated carbocycles. The molecule has 35 heavy (non-hydrogen) atoms. The molecule has 9 heteroatoms. The Hall–Kier alpha value is -3.49. The molecule has 3 aromatic rings. The highest BCUT2D eigenvalue weighted by molar-refractivity contribution is 6.09. The van der Waals surface area contributed by atoms with Crippen LogP contribution >= 0.6 is 0 Å². The van der Waals surface area contributed by atoms with Gasteiger partial charge in [0.1, 0.15) is 29.5 Å². The number of halogens is 1. The normalized spacial score (nSPS) is 19.8. The zero-order chi connectivity index (χ0) is 24.7. The zero-order valence-corrected chi connectivity index (χ0v) is 20.2. The number of H-pyrrole nitrogens is 1. The lowest BCUT2D eigenvalue weighted by Gasteiger charge is -2.16. The van der Waals surface area contributed by atoms with E-state index >= 15 is 0 Å². The van der Waals surface area contributed by atoms with Gasteiger partial charge in [-0.25, -0.2) is 14.4 Å². The van der Waals surface area contributed by atoms with Gasteiger partial charge in [-0.3, -0.25) is 9.59 Å². The number of ether oxygens (including phenoxy) is 1. The summed E-state index contributed by atoms with van der Waals surface area (Å²) in [4.78, 5) is 38.9. The summed E-state index contributed by atoms with van der Waals surface area (Å²) in [5, 5.41) is 2.78. The van der Waals surface area contributed by atoms with E-state index < -0.39 is 18.1 Å². The summed E-state index contributed by atoms with van der Waals surface area (Å²) in [6, 6.07) is 5.22. The monoisotopic (exact) mass is 479 g/mol. The van der Waals surface area contributed by atoms with Crippen LogP contribution in [0.4, 0.5) is 4.39 Å².